The lowest BCUT2D eigenvalue weighted by molar-refractivity contribution is 0.595. The number of nitrogens with one attached hydrogen (secondary N) is 2. The summed E-state index contributed by atoms with van der Waals surface area (Å²) in [7, 11) is -3.96. The normalized spacial score (nSPS) is 11.5. The molecule has 2 N–H and O–H groups in total. The van der Waals surface area contributed by atoms with Crippen LogP contribution in [0.25, 0.3) is 0 Å². The molecule has 0 aliphatic carbocycles. The number of hydrogen-bond acceptors (Lipinski definition) is 3. The molecule has 8 heteroatoms. The van der Waals surface area contributed by atoms with Gasteiger partial charge in [0.25, 0.3) is 10.0 Å². The number of anilines is 1. The first kappa shape index (κ1) is 13.8. The van der Waals surface area contributed by atoms with Crippen molar-refractivity contribution in [3.63, 3.8) is 0 Å². The number of benzene rings is 1. The van der Waals surface area contributed by atoms with Gasteiger partial charge in [0.2, 0.25) is 0 Å². The van der Waals surface area contributed by atoms with E-state index in [4.69, 9.17) is 11.6 Å². The van der Waals surface area contributed by atoms with E-state index < -0.39 is 15.8 Å². The molecule has 102 valence electrons. The van der Waals surface area contributed by atoms with Crippen molar-refractivity contribution in [1.29, 1.82) is 0 Å². The molecule has 0 bridgehead atoms. The number of halogens is 2. The van der Waals surface area contributed by atoms with E-state index in [-0.39, 0.29) is 15.7 Å². The van der Waals surface area contributed by atoms with Crippen LogP contribution in [0.4, 0.5) is 10.2 Å². The van der Waals surface area contributed by atoms with Crippen LogP contribution in [-0.4, -0.2) is 18.6 Å². The summed E-state index contributed by atoms with van der Waals surface area (Å²) in [4.78, 5) is -0.314. The Morgan fingerprint density at radius 3 is 2.89 bits per heavy atom. The minimum atomic E-state index is -3.96. The van der Waals surface area contributed by atoms with Gasteiger partial charge in [-0.15, -0.1) is 0 Å². The molecule has 0 unspecified atom stereocenters. The Hall–Kier alpha value is -1.60. The molecule has 0 atom stereocenters. The Labute approximate surface area is 114 Å². The van der Waals surface area contributed by atoms with Crippen LogP contribution in [0.1, 0.15) is 12.5 Å². The number of aryl methyl sites for hydroxylation is 1. The Morgan fingerprint density at radius 2 is 2.21 bits per heavy atom. The number of nitrogens with zero attached hydrogens (tertiary/aromatic N) is 1. The third-order valence-corrected chi connectivity index (χ3v) is 4.35. The van der Waals surface area contributed by atoms with Gasteiger partial charge < -0.3 is 0 Å². The largest absolute Gasteiger partial charge is 0.264 e. The van der Waals surface area contributed by atoms with Crippen LogP contribution >= 0.6 is 11.6 Å². The summed E-state index contributed by atoms with van der Waals surface area (Å²) in [6.45, 7) is 1.86. The van der Waals surface area contributed by atoms with Gasteiger partial charge in [0.1, 0.15) is 16.5 Å². The fourth-order valence-corrected chi connectivity index (χ4v) is 3.11. The third-order valence-electron chi connectivity index (χ3n) is 2.52. The van der Waals surface area contributed by atoms with Gasteiger partial charge in [-0.05, 0) is 24.6 Å². The minimum absolute atomic E-state index is 0.0496. The van der Waals surface area contributed by atoms with E-state index in [1.54, 1.807) is 0 Å². The predicted octanol–water partition coefficient (Wildman–Crippen LogP) is 2.57. The lowest BCUT2D eigenvalue weighted by Gasteiger charge is -2.09. The molecule has 1 heterocycles. The zero-order chi connectivity index (χ0) is 14.0. The topological polar surface area (TPSA) is 74.8 Å². The standard InChI is InChI=1S/C11H11ClFN3O2S/c1-2-7-6-14-15-11(7)16-19(17,18)10-5-8(13)3-4-9(10)12/h3-6H,2H2,1H3,(H2,14,15,16). The molecule has 0 amide bonds. The molecule has 1 aromatic heterocycles. The average Bonchev–Trinajstić information content (AvgIpc) is 2.78. The van der Waals surface area contributed by atoms with Gasteiger partial charge in [-0.25, -0.2) is 12.8 Å². The average molecular weight is 304 g/mol. The molecule has 1 aromatic carbocycles. The first-order chi connectivity index (χ1) is 8.94. The number of aromatic amines is 1. The van der Waals surface area contributed by atoms with E-state index in [2.05, 4.69) is 14.9 Å². The zero-order valence-electron chi connectivity index (χ0n) is 9.94. The Kier molecular flexibility index (Phi) is 3.77. The molecule has 0 aliphatic rings. The van der Waals surface area contributed by atoms with Crippen molar-refractivity contribution in [2.45, 2.75) is 18.2 Å². The highest BCUT2D eigenvalue weighted by molar-refractivity contribution is 7.92. The Bertz CT molecular complexity index is 700. The first-order valence-electron chi connectivity index (χ1n) is 5.44. The second-order valence-electron chi connectivity index (χ2n) is 3.80. The van der Waals surface area contributed by atoms with Crippen molar-refractivity contribution in [2.75, 3.05) is 4.72 Å². The van der Waals surface area contributed by atoms with Crippen LogP contribution in [-0.2, 0) is 16.4 Å². The van der Waals surface area contributed by atoms with Gasteiger partial charge in [-0.3, -0.25) is 9.82 Å². The Balaban J connectivity index is 2.41. The smallest absolute Gasteiger partial charge is 0.263 e. The van der Waals surface area contributed by atoms with Crippen LogP contribution in [0.3, 0.4) is 0 Å². The van der Waals surface area contributed by atoms with Crippen LogP contribution < -0.4 is 4.72 Å². The molecular weight excluding hydrogens is 293 g/mol. The maximum atomic E-state index is 13.1. The molecule has 0 radical (unpaired) electrons. The van der Waals surface area contributed by atoms with E-state index in [9.17, 15) is 12.8 Å². The Morgan fingerprint density at radius 1 is 1.47 bits per heavy atom. The molecule has 19 heavy (non-hydrogen) atoms. The molecule has 2 aromatic rings. The number of aromatic nitrogens is 2. The lowest BCUT2D eigenvalue weighted by atomic mass is 10.3. The van der Waals surface area contributed by atoms with E-state index in [0.29, 0.717) is 12.0 Å². The summed E-state index contributed by atoms with van der Waals surface area (Å²) in [5.41, 5.74) is 0.705. The van der Waals surface area contributed by atoms with Gasteiger partial charge in [0, 0.05) is 5.56 Å². The summed E-state index contributed by atoms with van der Waals surface area (Å²) in [6, 6.07) is 3.15. The molecule has 0 spiro atoms. The lowest BCUT2D eigenvalue weighted by Crippen LogP contribution is -2.15. The monoisotopic (exact) mass is 303 g/mol. The SMILES string of the molecule is CCc1cn[nH]c1NS(=O)(=O)c1cc(F)ccc1Cl. The maximum Gasteiger partial charge on any atom is 0.264 e. The molecular formula is C11H11ClFN3O2S. The number of sulfonamides is 1. The molecule has 0 saturated carbocycles. The van der Waals surface area contributed by atoms with Gasteiger partial charge in [0.05, 0.1) is 11.2 Å². The first-order valence-corrected chi connectivity index (χ1v) is 7.30. The fourth-order valence-electron chi connectivity index (χ4n) is 1.54. The summed E-state index contributed by atoms with van der Waals surface area (Å²) < 4.78 is 39.7. The fraction of sp³-hybridized carbons (Fsp3) is 0.182. The van der Waals surface area contributed by atoms with Crippen molar-refractivity contribution >= 4 is 27.4 Å². The van der Waals surface area contributed by atoms with E-state index in [1.807, 2.05) is 6.92 Å². The van der Waals surface area contributed by atoms with Crippen LogP contribution in [0.15, 0.2) is 29.3 Å². The number of rotatable bonds is 4. The highest BCUT2D eigenvalue weighted by atomic mass is 35.5. The van der Waals surface area contributed by atoms with Gasteiger partial charge >= 0.3 is 0 Å². The highest BCUT2D eigenvalue weighted by Crippen LogP contribution is 2.25. The molecule has 0 aliphatic heterocycles. The molecule has 0 fully saturated rings. The van der Waals surface area contributed by atoms with Crippen molar-refractivity contribution in [2.24, 2.45) is 0 Å². The number of H-pyrrole nitrogens is 1. The van der Waals surface area contributed by atoms with Crippen molar-refractivity contribution in [3.05, 3.63) is 40.8 Å². The third kappa shape index (κ3) is 2.87. The van der Waals surface area contributed by atoms with Crippen molar-refractivity contribution in [3.8, 4) is 0 Å². The molecule has 2 rings (SSSR count). The van der Waals surface area contributed by atoms with Crippen LogP contribution in [0.5, 0.6) is 0 Å². The number of hydrogen-bond donors (Lipinski definition) is 2. The van der Waals surface area contributed by atoms with Crippen LogP contribution in [0.2, 0.25) is 5.02 Å². The van der Waals surface area contributed by atoms with E-state index in [0.717, 1.165) is 12.1 Å². The summed E-state index contributed by atoms with van der Waals surface area (Å²) in [6.07, 6.45) is 2.12. The zero-order valence-corrected chi connectivity index (χ0v) is 11.5. The van der Waals surface area contributed by atoms with Crippen molar-refractivity contribution in [1.82, 2.24) is 10.2 Å². The summed E-state index contributed by atoms with van der Waals surface area (Å²) in [5, 5.41) is 6.24. The second kappa shape index (κ2) is 5.18. The van der Waals surface area contributed by atoms with Gasteiger partial charge in [0.15, 0.2) is 0 Å². The minimum Gasteiger partial charge on any atom is -0.263 e. The molecule has 5 nitrogen and oxygen atoms in total. The van der Waals surface area contributed by atoms with E-state index >= 15 is 0 Å². The molecule has 0 saturated heterocycles. The second-order valence-corrected chi connectivity index (χ2v) is 5.86. The van der Waals surface area contributed by atoms with Crippen molar-refractivity contribution < 1.29 is 12.8 Å². The highest BCUT2D eigenvalue weighted by Gasteiger charge is 2.20. The van der Waals surface area contributed by atoms with Crippen LogP contribution in [0, 0.1) is 5.82 Å². The maximum absolute atomic E-state index is 13.1. The summed E-state index contributed by atoms with van der Waals surface area (Å²) in [5.74, 6) is -0.423. The quantitative estimate of drug-likeness (QED) is 0.911. The van der Waals surface area contributed by atoms with Gasteiger partial charge in [-0.1, -0.05) is 18.5 Å². The predicted molar refractivity (Wildman–Crippen MR) is 70.2 cm³/mol. The van der Waals surface area contributed by atoms with E-state index in [1.165, 1.54) is 12.3 Å². The van der Waals surface area contributed by atoms with Gasteiger partial charge in [-0.2, -0.15) is 5.10 Å². The summed E-state index contributed by atoms with van der Waals surface area (Å²) >= 11 is 5.78.